The molecule has 4 nitrogen and oxygen atoms in total. The van der Waals surface area contributed by atoms with Gasteiger partial charge >= 0.3 is 0 Å². The van der Waals surface area contributed by atoms with Crippen LogP contribution in [0.4, 0.5) is 0 Å². The Morgan fingerprint density at radius 2 is 2.08 bits per heavy atom. The van der Waals surface area contributed by atoms with Crippen molar-refractivity contribution >= 4 is 5.78 Å². The quantitative estimate of drug-likeness (QED) is 0.620. The molecule has 0 aromatic carbocycles. The van der Waals surface area contributed by atoms with Crippen LogP contribution in [-0.2, 0) is 4.74 Å². The largest absolute Gasteiger partial charge is 0.373 e. The second kappa shape index (κ2) is 3.92. The summed E-state index contributed by atoms with van der Waals surface area (Å²) in [6.07, 6.45) is 2.58. The van der Waals surface area contributed by atoms with Crippen LogP contribution >= 0.6 is 0 Å². The van der Waals surface area contributed by atoms with Gasteiger partial charge in [0.1, 0.15) is 6.10 Å². The van der Waals surface area contributed by atoms with Gasteiger partial charge in [0, 0.05) is 19.5 Å². The molecule has 0 amide bonds. The number of Topliss-reactive ketones (excluding diaryl/α,β-unsaturated/α-hetero) is 1. The zero-order valence-corrected chi connectivity index (χ0v) is 7.02. The summed E-state index contributed by atoms with van der Waals surface area (Å²) in [5, 5.41) is 0. The first kappa shape index (κ1) is 8.80. The van der Waals surface area contributed by atoms with Crippen molar-refractivity contribution in [3.8, 4) is 0 Å². The van der Waals surface area contributed by atoms with E-state index in [4.69, 9.17) is 4.74 Å². The monoisotopic (exact) mass is 166 g/mol. The summed E-state index contributed by atoms with van der Waals surface area (Å²) in [4.78, 5) is 18.9. The standard InChI is InChI=1S/C8H10N2O2/c1-6(12-2)7(11)8-9-4-3-5-10-8/h3-6H,1-2H3. The lowest BCUT2D eigenvalue weighted by molar-refractivity contribution is 0.0644. The molecule has 0 aliphatic carbocycles. The van der Waals surface area contributed by atoms with E-state index < -0.39 is 6.10 Å². The van der Waals surface area contributed by atoms with Gasteiger partial charge < -0.3 is 4.74 Å². The summed E-state index contributed by atoms with van der Waals surface area (Å²) in [5.41, 5.74) is 0. The van der Waals surface area contributed by atoms with Gasteiger partial charge in [-0.05, 0) is 13.0 Å². The second-order valence-corrected chi connectivity index (χ2v) is 2.31. The molecular formula is C8H10N2O2. The highest BCUT2D eigenvalue weighted by Gasteiger charge is 2.15. The van der Waals surface area contributed by atoms with Gasteiger partial charge in [0.15, 0.2) is 5.82 Å². The topological polar surface area (TPSA) is 52.1 Å². The van der Waals surface area contributed by atoms with Crippen molar-refractivity contribution < 1.29 is 9.53 Å². The maximum Gasteiger partial charge on any atom is 0.228 e. The molecule has 0 N–H and O–H groups in total. The second-order valence-electron chi connectivity index (χ2n) is 2.31. The van der Waals surface area contributed by atoms with Crippen LogP contribution in [0, 0.1) is 0 Å². The zero-order chi connectivity index (χ0) is 8.97. The van der Waals surface area contributed by atoms with Gasteiger partial charge in [0.25, 0.3) is 0 Å². The molecule has 0 aliphatic heterocycles. The Kier molecular flexibility index (Phi) is 2.88. The molecule has 0 aliphatic rings. The van der Waals surface area contributed by atoms with Crippen LogP contribution in [0.15, 0.2) is 18.5 Å². The normalized spacial score (nSPS) is 12.5. The minimum atomic E-state index is -0.479. The fourth-order valence-corrected chi connectivity index (χ4v) is 0.715. The van der Waals surface area contributed by atoms with E-state index in [1.54, 1.807) is 13.0 Å². The van der Waals surface area contributed by atoms with Gasteiger partial charge in [-0.25, -0.2) is 9.97 Å². The van der Waals surface area contributed by atoms with Gasteiger partial charge in [0.2, 0.25) is 5.78 Å². The number of aromatic nitrogens is 2. The number of hydrogen-bond acceptors (Lipinski definition) is 4. The predicted molar refractivity (Wildman–Crippen MR) is 42.8 cm³/mol. The van der Waals surface area contributed by atoms with E-state index in [9.17, 15) is 4.79 Å². The van der Waals surface area contributed by atoms with Crippen LogP contribution in [0.5, 0.6) is 0 Å². The van der Waals surface area contributed by atoms with Crippen molar-refractivity contribution in [1.82, 2.24) is 9.97 Å². The Labute approximate surface area is 70.6 Å². The summed E-state index contributed by atoms with van der Waals surface area (Å²) in [6, 6.07) is 1.66. The van der Waals surface area contributed by atoms with Crippen molar-refractivity contribution in [3.05, 3.63) is 24.3 Å². The van der Waals surface area contributed by atoms with Gasteiger partial charge in [-0.2, -0.15) is 0 Å². The van der Waals surface area contributed by atoms with Crippen LogP contribution in [0.3, 0.4) is 0 Å². The van der Waals surface area contributed by atoms with Gasteiger partial charge in [0.05, 0.1) is 0 Å². The molecule has 0 radical (unpaired) electrons. The third-order valence-electron chi connectivity index (χ3n) is 1.51. The molecular weight excluding hydrogens is 156 g/mol. The minimum absolute atomic E-state index is 0.196. The Morgan fingerprint density at radius 1 is 1.50 bits per heavy atom. The average Bonchev–Trinajstić information content (AvgIpc) is 2.17. The third kappa shape index (κ3) is 1.85. The van der Waals surface area contributed by atoms with Gasteiger partial charge in [-0.1, -0.05) is 0 Å². The maximum absolute atomic E-state index is 11.3. The highest BCUT2D eigenvalue weighted by Crippen LogP contribution is 1.97. The Bertz CT molecular complexity index is 261. The van der Waals surface area contributed by atoms with Crippen molar-refractivity contribution in [2.24, 2.45) is 0 Å². The molecule has 1 aromatic heterocycles. The molecule has 64 valence electrons. The molecule has 0 saturated heterocycles. The summed E-state index contributed by atoms with van der Waals surface area (Å²) in [5.74, 6) is 0.00458. The lowest BCUT2D eigenvalue weighted by Gasteiger charge is -2.05. The smallest absolute Gasteiger partial charge is 0.228 e. The first-order valence-corrected chi connectivity index (χ1v) is 3.59. The van der Waals surface area contributed by atoms with E-state index in [1.807, 2.05) is 0 Å². The number of rotatable bonds is 3. The molecule has 4 heteroatoms. The third-order valence-corrected chi connectivity index (χ3v) is 1.51. The Hall–Kier alpha value is -1.29. The maximum atomic E-state index is 11.3. The molecule has 1 atom stereocenters. The molecule has 1 unspecified atom stereocenters. The average molecular weight is 166 g/mol. The van der Waals surface area contributed by atoms with E-state index in [0.717, 1.165) is 0 Å². The summed E-state index contributed by atoms with van der Waals surface area (Å²) >= 11 is 0. The molecule has 0 saturated carbocycles. The van der Waals surface area contributed by atoms with E-state index in [-0.39, 0.29) is 11.6 Å². The molecule has 0 bridgehead atoms. The lowest BCUT2D eigenvalue weighted by Crippen LogP contribution is -2.21. The van der Waals surface area contributed by atoms with E-state index >= 15 is 0 Å². The van der Waals surface area contributed by atoms with E-state index in [1.165, 1.54) is 19.5 Å². The number of methoxy groups -OCH3 is 1. The van der Waals surface area contributed by atoms with Crippen molar-refractivity contribution in [1.29, 1.82) is 0 Å². The summed E-state index contributed by atoms with van der Waals surface area (Å²) in [7, 11) is 1.48. The van der Waals surface area contributed by atoms with Crippen LogP contribution < -0.4 is 0 Å². The fraction of sp³-hybridized carbons (Fsp3) is 0.375. The van der Waals surface area contributed by atoms with E-state index in [2.05, 4.69) is 9.97 Å². The highest BCUT2D eigenvalue weighted by molar-refractivity contribution is 5.95. The molecule has 0 spiro atoms. The van der Waals surface area contributed by atoms with Gasteiger partial charge in [-0.15, -0.1) is 0 Å². The zero-order valence-electron chi connectivity index (χ0n) is 7.02. The van der Waals surface area contributed by atoms with Crippen molar-refractivity contribution in [3.63, 3.8) is 0 Å². The minimum Gasteiger partial charge on any atom is -0.373 e. The van der Waals surface area contributed by atoms with Crippen LogP contribution in [-0.4, -0.2) is 29.0 Å². The highest BCUT2D eigenvalue weighted by atomic mass is 16.5. The predicted octanol–water partition coefficient (Wildman–Crippen LogP) is 0.694. The van der Waals surface area contributed by atoms with Crippen LogP contribution in [0.1, 0.15) is 17.5 Å². The number of ether oxygens (including phenoxy) is 1. The first-order chi connectivity index (χ1) is 5.75. The number of nitrogens with zero attached hydrogens (tertiary/aromatic N) is 2. The molecule has 1 heterocycles. The molecule has 1 aromatic rings. The Balaban J connectivity index is 2.79. The van der Waals surface area contributed by atoms with Crippen LogP contribution in [0.25, 0.3) is 0 Å². The number of carbonyl (C=O) groups is 1. The lowest BCUT2D eigenvalue weighted by atomic mass is 10.2. The molecule has 12 heavy (non-hydrogen) atoms. The number of carbonyl (C=O) groups excluding carboxylic acids is 1. The number of ketones is 1. The summed E-state index contributed by atoms with van der Waals surface area (Å²) in [6.45, 7) is 1.67. The van der Waals surface area contributed by atoms with Gasteiger partial charge in [-0.3, -0.25) is 4.79 Å². The number of hydrogen-bond donors (Lipinski definition) is 0. The summed E-state index contributed by atoms with van der Waals surface area (Å²) < 4.78 is 4.84. The first-order valence-electron chi connectivity index (χ1n) is 3.59. The fourth-order valence-electron chi connectivity index (χ4n) is 0.715. The van der Waals surface area contributed by atoms with Crippen LogP contribution in [0.2, 0.25) is 0 Å². The SMILES string of the molecule is COC(C)C(=O)c1ncccn1. The molecule has 0 fully saturated rings. The Morgan fingerprint density at radius 3 is 2.58 bits per heavy atom. The van der Waals surface area contributed by atoms with Crippen molar-refractivity contribution in [2.45, 2.75) is 13.0 Å². The molecule has 1 rings (SSSR count). The van der Waals surface area contributed by atoms with Crippen molar-refractivity contribution in [2.75, 3.05) is 7.11 Å². The van der Waals surface area contributed by atoms with E-state index in [0.29, 0.717) is 0 Å².